The van der Waals surface area contributed by atoms with Gasteiger partial charge in [0.25, 0.3) is 0 Å². The highest BCUT2D eigenvalue weighted by atomic mass is 16.6. The number of hydrogen-bond acceptors (Lipinski definition) is 4. The molecule has 1 aromatic rings. The van der Waals surface area contributed by atoms with Crippen molar-refractivity contribution < 1.29 is 9.42 Å². The van der Waals surface area contributed by atoms with Crippen LogP contribution in [0.3, 0.4) is 0 Å². The molecule has 1 heterocycles. The lowest BCUT2D eigenvalue weighted by Crippen LogP contribution is -2.10. The molecule has 0 atom stereocenters. The quantitative estimate of drug-likeness (QED) is 0.519. The Morgan fingerprint density at radius 2 is 2.40 bits per heavy atom. The maximum Gasteiger partial charge on any atom is 0.190 e. The fourth-order valence-corrected chi connectivity index (χ4v) is 0.994. The Bertz CT molecular complexity index is 266. The molecule has 0 N–H and O–H groups in total. The molecule has 0 aliphatic heterocycles. The van der Waals surface area contributed by atoms with E-state index in [1.807, 2.05) is 0 Å². The summed E-state index contributed by atoms with van der Waals surface area (Å²) in [5.74, 6) is -0.0671. The molecule has 0 saturated heterocycles. The number of Topliss-reactive ketones (excluding diaryl/α,β-unsaturated/α-hetero) is 1. The summed E-state index contributed by atoms with van der Waals surface area (Å²) in [7, 11) is 0. The fourth-order valence-electron chi connectivity index (χ4n) is 0.994. The van der Waals surface area contributed by atoms with E-state index in [1.165, 1.54) is 0 Å². The molecule has 1 aromatic heterocycles. The molecule has 0 bridgehead atoms. The van der Waals surface area contributed by atoms with Crippen molar-refractivity contribution in [3.05, 3.63) is 17.8 Å². The molecule has 1 aliphatic carbocycles. The molecular weight excluding hydrogens is 132 g/mol. The van der Waals surface area contributed by atoms with E-state index in [2.05, 4.69) is 14.9 Å². The average molecular weight is 137 g/mol. The molecule has 0 fully saturated rings. The van der Waals surface area contributed by atoms with Gasteiger partial charge in [0.05, 0.1) is 0 Å². The summed E-state index contributed by atoms with van der Waals surface area (Å²) in [6.07, 6.45) is 3.12. The third-order valence-electron chi connectivity index (χ3n) is 1.50. The summed E-state index contributed by atoms with van der Waals surface area (Å²) in [6.45, 7) is 0. The Kier molecular flexibility index (Phi) is 1.06. The first kappa shape index (κ1) is 5.58. The zero-order valence-corrected chi connectivity index (χ0v) is 5.20. The fraction of sp³-hybridized carbons (Fsp3) is 0.333. The predicted molar refractivity (Wildman–Crippen MR) is 31.2 cm³/mol. The number of aryl methyl sites for hydroxylation is 1. The van der Waals surface area contributed by atoms with Gasteiger partial charge in [-0.2, -0.15) is 0 Å². The van der Waals surface area contributed by atoms with E-state index in [0.29, 0.717) is 11.4 Å². The topological polar surface area (TPSA) is 56.0 Å². The van der Waals surface area contributed by atoms with Crippen LogP contribution in [-0.2, 0) is 6.42 Å². The number of hydrogen-bond donors (Lipinski definition) is 0. The summed E-state index contributed by atoms with van der Waals surface area (Å²) in [5.41, 5.74) is 1.07. The van der Waals surface area contributed by atoms with Crippen molar-refractivity contribution in [3.63, 3.8) is 0 Å². The van der Waals surface area contributed by atoms with Crippen LogP contribution in [0.4, 0.5) is 0 Å². The van der Waals surface area contributed by atoms with Crippen molar-refractivity contribution in [1.82, 2.24) is 10.3 Å². The molecule has 4 heteroatoms. The monoisotopic (exact) mass is 137 g/mol. The van der Waals surface area contributed by atoms with E-state index in [-0.39, 0.29) is 5.78 Å². The first-order chi connectivity index (χ1) is 4.88. The van der Waals surface area contributed by atoms with E-state index in [1.54, 1.807) is 6.42 Å². The van der Waals surface area contributed by atoms with Crippen LogP contribution in [0.15, 0.2) is 4.63 Å². The van der Waals surface area contributed by atoms with Gasteiger partial charge in [-0.15, -0.1) is 0 Å². The molecule has 0 unspecified atom stereocenters. The third-order valence-corrected chi connectivity index (χ3v) is 1.50. The molecule has 2 rings (SSSR count). The van der Waals surface area contributed by atoms with Crippen molar-refractivity contribution >= 4 is 5.78 Å². The third kappa shape index (κ3) is 0.650. The number of carbonyl (C=O) groups excluding carboxylic acids is 1. The highest BCUT2D eigenvalue weighted by molar-refractivity contribution is 6.02. The Morgan fingerprint density at radius 3 is 3.20 bits per heavy atom. The molecule has 0 saturated carbocycles. The average Bonchev–Trinajstić information content (AvgIpc) is 2.36. The molecular formula is C6H5N2O2. The largest absolute Gasteiger partial charge is 0.292 e. The SMILES string of the molecule is O=C1[CH]CCc2nonc21. The van der Waals surface area contributed by atoms with Gasteiger partial charge >= 0.3 is 0 Å². The number of ketones is 1. The van der Waals surface area contributed by atoms with Crippen molar-refractivity contribution in [2.45, 2.75) is 12.8 Å². The highest BCUT2D eigenvalue weighted by Crippen LogP contribution is 2.15. The minimum absolute atomic E-state index is 0.0671. The molecule has 4 nitrogen and oxygen atoms in total. The van der Waals surface area contributed by atoms with Gasteiger partial charge in [-0.3, -0.25) is 4.79 Å². The van der Waals surface area contributed by atoms with Gasteiger partial charge in [0, 0.05) is 6.42 Å². The minimum Gasteiger partial charge on any atom is -0.292 e. The van der Waals surface area contributed by atoms with Gasteiger partial charge in [-0.05, 0) is 18.0 Å². The Morgan fingerprint density at radius 1 is 1.50 bits per heavy atom. The van der Waals surface area contributed by atoms with Gasteiger partial charge in [-0.25, -0.2) is 4.63 Å². The van der Waals surface area contributed by atoms with Gasteiger partial charge < -0.3 is 0 Å². The second kappa shape index (κ2) is 1.90. The summed E-state index contributed by atoms with van der Waals surface area (Å²) < 4.78 is 4.40. The lowest BCUT2D eigenvalue weighted by Gasteiger charge is -2.02. The lowest BCUT2D eigenvalue weighted by atomic mass is 10.0. The second-order valence-corrected chi connectivity index (χ2v) is 2.17. The summed E-state index contributed by atoms with van der Waals surface area (Å²) in [5, 5.41) is 7.05. The van der Waals surface area contributed by atoms with Gasteiger partial charge in [0.15, 0.2) is 11.5 Å². The maximum atomic E-state index is 10.9. The standard InChI is InChI=1S/C6H5N2O2/c9-5-3-1-2-4-6(5)8-10-7-4/h3H,1-2H2. The molecule has 1 radical (unpaired) electrons. The van der Waals surface area contributed by atoms with Crippen molar-refractivity contribution in [2.24, 2.45) is 0 Å². The summed E-state index contributed by atoms with van der Waals surface area (Å²) in [4.78, 5) is 10.9. The number of aromatic nitrogens is 2. The van der Waals surface area contributed by atoms with Gasteiger partial charge in [-0.1, -0.05) is 5.16 Å². The lowest BCUT2D eigenvalue weighted by molar-refractivity contribution is 0.101. The molecule has 0 spiro atoms. The normalized spacial score (nSPS) is 17.0. The Labute approximate surface area is 57.2 Å². The molecule has 0 amide bonds. The van der Waals surface area contributed by atoms with Crippen LogP contribution in [0.2, 0.25) is 0 Å². The molecule has 10 heavy (non-hydrogen) atoms. The van der Waals surface area contributed by atoms with Crippen LogP contribution < -0.4 is 0 Å². The minimum atomic E-state index is -0.0671. The summed E-state index contributed by atoms with van der Waals surface area (Å²) >= 11 is 0. The van der Waals surface area contributed by atoms with E-state index in [0.717, 1.165) is 12.8 Å². The van der Waals surface area contributed by atoms with Crippen molar-refractivity contribution in [1.29, 1.82) is 0 Å². The van der Waals surface area contributed by atoms with E-state index in [4.69, 9.17) is 0 Å². The van der Waals surface area contributed by atoms with Crippen LogP contribution >= 0.6 is 0 Å². The Hall–Kier alpha value is -1.19. The predicted octanol–water partition coefficient (Wildman–Crippen LogP) is 0.403. The molecule has 51 valence electrons. The smallest absolute Gasteiger partial charge is 0.190 e. The number of fused-ring (bicyclic) bond motifs is 1. The molecule has 1 aliphatic rings. The second-order valence-electron chi connectivity index (χ2n) is 2.17. The van der Waals surface area contributed by atoms with Gasteiger partial charge in [0.1, 0.15) is 5.69 Å². The number of carbonyl (C=O) groups is 1. The number of nitrogens with zero attached hydrogens (tertiary/aromatic N) is 2. The van der Waals surface area contributed by atoms with Crippen molar-refractivity contribution in [3.8, 4) is 0 Å². The maximum absolute atomic E-state index is 10.9. The summed E-state index contributed by atoms with van der Waals surface area (Å²) in [6, 6.07) is 0. The van der Waals surface area contributed by atoms with Crippen LogP contribution in [0.25, 0.3) is 0 Å². The Balaban J connectivity index is 2.50. The van der Waals surface area contributed by atoms with Crippen molar-refractivity contribution in [2.75, 3.05) is 0 Å². The first-order valence-corrected chi connectivity index (χ1v) is 3.07. The van der Waals surface area contributed by atoms with Crippen LogP contribution in [0.5, 0.6) is 0 Å². The highest BCUT2D eigenvalue weighted by Gasteiger charge is 2.22. The van der Waals surface area contributed by atoms with E-state index < -0.39 is 0 Å². The first-order valence-electron chi connectivity index (χ1n) is 3.07. The van der Waals surface area contributed by atoms with Crippen LogP contribution in [0.1, 0.15) is 22.6 Å². The van der Waals surface area contributed by atoms with Crippen LogP contribution in [-0.4, -0.2) is 16.1 Å². The zero-order chi connectivity index (χ0) is 6.97. The van der Waals surface area contributed by atoms with E-state index in [9.17, 15) is 4.79 Å². The molecule has 0 aromatic carbocycles. The number of rotatable bonds is 0. The van der Waals surface area contributed by atoms with Gasteiger partial charge in [0.2, 0.25) is 0 Å². The zero-order valence-electron chi connectivity index (χ0n) is 5.20. The van der Waals surface area contributed by atoms with E-state index >= 15 is 0 Å². The van der Waals surface area contributed by atoms with Crippen LogP contribution in [0, 0.1) is 6.42 Å².